The molecule has 1 aliphatic rings. The van der Waals surface area contributed by atoms with Crippen LogP contribution in [0.25, 0.3) is 0 Å². The molecule has 6 heteroatoms. The lowest BCUT2D eigenvalue weighted by atomic mass is 10.1. The maximum atomic E-state index is 14.3. The van der Waals surface area contributed by atoms with Gasteiger partial charge in [-0.25, -0.2) is 0 Å². The number of amides is 1. The maximum Gasteiger partial charge on any atom is 0.266 e. The number of nitrogens with zero attached hydrogens (tertiary/aromatic N) is 2. The van der Waals surface area contributed by atoms with Gasteiger partial charge in [-0.05, 0) is 69.5 Å². The van der Waals surface area contributed by atoms with Crippen molar-refractivity contribution >= 4 is 23.0 Å². The van der Waals surface area contributed by atoms with Gasteiger partial charge < -0.3 is 19.5 Å². The third-order valence-electron chi connectivity index (χ3n) is 6.78. The van der Waals surface area contributed by atoms with E-state index in [9.17, 15) is 9.90 Å². The molecule has 0 bridgehead atoms. The fourth-order valence-corrected chi connectivity index (χ4v) is 4.79. The van der Waals surface area contributed by atoms with Crippen LogP contribution in [0, 0.1) is 0 Å². The van der Waals surface area contributed by atoms with Crippen molar-refractivity contribution in [1.82, 2.24) is 0 Å². The van der Waals surface area contributed by atoms with Crippen LogP contribution in [0.4, 0.5) is 17.1 Å². The van der Waals surface area contributed by atoms with Crippen LogP contribution in [0.15, 0.2) is 66.7 Å². The molecule has 0 saturated carbocycles. The molecule has 0 saturated heterocycles. The van der Waals surface area contributed by atoms with Crippen molar-refractivity contribution in [2.45, 2.75) is 59.0 Å². The van der Waals surface area contributed by atoms with E-state index < -0.39 is 0 Å². The summed E-state index contributed by atoms with van der Waals surface area (Å²) in [6.45, 7) is 8.39. The molecule has 1 heterocycles. The molecule has 6 nitrogen and oxygen atoms in total. The van der Waals surface area contributed by atoms with Crippen molar-refractivity contribution in [1.29, 1.82) is 0 Å². The fourth-order valence-electron chi connectivity index (χ4n) is 4.79. The predicted molar refractivity (Wildman–Crippen MR) is 150 cm³/mol. The summed E-state index contributed by atoms with van der Waals surface area (Å²) in [5.74, 6) is 1.66. The molecular formula is C31H38N2O4. The average Bonchev–Trinajstić information content (AvgIpc) is 2.93. The molecule has 196 valence electrons. The van der Waals surface area contributed by atoms with Gasteiger partial charge in [0.05, 0.1) is 29.6 Å². The van der Waals surface area contributed by atoms with Crippen LogP contribution >= 0.6 is 0 Å². The summed E-state index contributed by atoms with van der Waals surface area (Å²) in [5.41, 5.74) is 2.88. The van der Waals surface area contributed by atoms with E-state index in [4.69, 9.17) is 9.47 Å². The standard InChI is InChI=1S/C31H38N2O4/c1-4-7-14-23(34)15-13-22-36-27-19-10-8-16-24(27)31(35)33-25-17-9-11-20-28(25)37-29-21-12-18-26(30(29)33)32(5-2)6-3/h8-12,16-21,23,34H,4-7,13-15,22H2,1-3H3. The van der Waals surface area contributed by atoms with Gasteiger partial charge in [0.1, 0.15) is 11.4 Å². The summed E-state index contributed by atoms with van der Waals surface area (Å²) in [6.07, 6.45) is 4.02. The molecule has 3 aromatic carbocycles. The maximum absolute atomic E-state index is 14.3. The summed E-state index contributed by atoms with van der Waals surface area (Å²) < 4.78 is 12.4. The van der Waals surface area contributed by atoms with Crippen molar-refractivity contribution in [3.63, 3.8) is 0 Å². The molecule has 1 atom stereocenters. The van der Waals surface area contributed by atoms with Crippen LogP contribution in [0.5, 0.6) is 17.2 Å². The van der Waals surface area contributed by atoms with Gasteiger partial charge in [0, 0.05) is 13.1 Å². The Balaban J connectivity index is 1.65. The molecule has 3 aromatic rings. The summed E-state index contributed by atoms with van der Waals surface area (Å²) in [5, 5.41) is 10.2. The largest absolute Gasteiger partial charge is 0.493 e. The number of fused-ring (bicyclic) bond motifs is 2. The number of aliphatic hydroxyl groups excluding tert-OH is 1. The van der Waals surface area contributed by atoms with Gasteiger partial charge >= 0.3 is 0 Å². The number of benzene rings is 3. The van der Waals surface area contributed by atoms with Crippen LogP contribution in [-0.2, 0) is 0 Å². The second-order valence-electron chi connectivity index (χ2n) is 9.29. The third-order valence-corrected chi connectivity index (χ3v) is 6.78. The van der Waals surface area contributed by atoms with Crippen LogP contribution in [0.3, 0.4) is 0 Å². The number of carbonyl (C=O) groups is 1. The first-order valence-corrected chi connectivity index (χ1v) is 13.5. The van der Waals surface area contributed by atoms with E-state index in [2.05, 4.69) is 25.7 Å². The SMILES string of the molecule is CCCCC(O)CCCOc1ccccc1C(=O)N1c2ccccc2Oc2cccc(N(CC)CC)c21. The highest BCUT2D eigenvalue weighted by Crippen LogP contribution is 2.51. The number of anilines is 3. The van der Waals surface area contributed by atoms with Crippen molar-refractivity contribution in [3.05, 3.63) is 72.3 Å². The quantitative estimate of drug-likeness (QED) is 0.263. The van der Waals surface area contributed by atoms with Gasteiger partial charge in [-0.3, -0.25) is 9.69 Å². The Labute approximate surface area is 220 Å². The Morgan fingerprint density at radius 1 is 0.919 bits per heavy atom. The highest BCUT2D eigenvalue weighted by atomic mass is 16.5. The smallest absolute Gasteiger partial charge is 0.266 e. The zero-order chi connectivity index (χ0) is 26.2. The highest BCUT2D eigenvalue weighted by molar-refractivity contribution is 6.16. The van der Waals surface area contributed by atoms with E-state index in [1.165, 1.54) is 0 Å². The number of hydrogen-bond acceptors (Lipinski definition) is 5. The number of ether oxygens (including phenoxy) is 2. The number of para-hydroxylation sites is 4. The lowest BCUT2D eigenvalue weighted by molar-refractivity contribution is 0.0992. The molecule has 0 aromatic heterocycles. The van der Waals surface area contributed by atoms with Gasteiger partial charge in [-0.15, -0.1) is 0 Å². The average molecular weight is 503 g/mol. The van der Waals surface area contributed by atoms with Gasteiger partial charge in [0.2, 0.25) is 0 Å². The molecule has 1 aliphatic heterocycles. The van der Waals surface area contributed by atoms with Gasteiger partial charge in [-0.2, -0.15) is 0 Å². The zero-order valence-electron chi connectivity index (χ0n) is 22.2. The first-order valence-electron chi connectivity index (χ1n) is 13.5. The van der Waals surface area contributed by atoms with E-state index in [0.717, 1.165) is 50.1 Å². The summed E-state index contributed by atoms with van der Waals surface area (Å²) >= 11 is 0. The van der Waals surface area contributed by atoms with Crippen molar-refractivity contribution in [3.8, 4) is 17.2 Å². The second kappa shape index (κ2) is 12.6. The molecule has 1 amide bonds. The fraction of sp³-hybridized carbons (Fsp3) is 0.387. The van der Waals surface area contributed by atoms with E-state index in [-0.39, 0.29) is 12.0 Å². The van der Waals surface area contributed by atoms with E-state index in [1.807, 2.05) is 66.7 Å². The molecule has 0 spiro atoms. The van der Waals surface area contributed by atoms with E-state index in [1.54, 1.807) is 4.90 Å². The van der Waals surface area contributed by atoms with Gasteiger partial charge in [0.15, 0.2) is 11.5 Å². The van der Waals surface area contributed by atoms with Crippen molar-refractivity contribution in [2.75, 3.05) is 29.5 Å². The lowest BCUT2D eigenvalue weighted by Crippen LogP contribution is -2.32. The predicted octanol–water partition coefficient (Wildman–Crippen LogP) is 7.33. The number of hydrogen-bond donors (Lipinski definition) is 1. The van der Waals surface area contributed by atoms with Crippen LogP contribution in [0.2, 0.25) is 0 Å². The summed E-state index contributed by atoms with van der Waals surface area (Å²) in [7, 11) is 0. The molecule has 1 unspecified atom stereocenters. The monoisotopic (exact) mass is 502 g/mol. The first-order chi connectivity index (χ1) is 18.1. The molecule has 0 radical (unpaired) electrons. The molecule has 0 aliphatic carbocycles. The molecule has 4 rings (SSSR count). The molecule has 1 N–H and O–H groups in total. The molecular weight excluding hydrogens is 464 g/mol. The summed E-state index contributed by atoms with van der Waals surface area (Å²) in [6, 6.07) is 20.9. The Kier molecular flexibility index (Phi) is 9.07. The Bertz CT molecular complexity index is 1190. The van der Waals surface area contributed by atoms with Crippen LogP contribution < -0.4 is 19.3 Å². The van der Waals surface area contributed by atoms with Gasteiger partial charge in [0.25, 0.3) is 5.91 Å². The second-order valence-corrected chi connectivity index (χ2v) is 9.29. The van der Waals surface area contributed by atoms with Crippen molar-refractivity contribution in [2.24, 2.45) is 0 Å². The van der Waals surface area contributed by atoms with Crippen LogP contribution in [0.1, 0.15) is 63.2 Å². The van der Waals surface area contributed by atoms with E-state index >= 15 is 0 Å². The topological polar surface area (TPSA) is 62.2 Å². The summed E-state index contributed by atoms with van der Waals surface area (Å²) in [4.78, 5) is 18.3. The number of rotatable bonds is 12. The first kappa shape index (κ1) is 26.6. The van der Waals surface area contributed by atoms with Gasteiger partial charge in [-0.1, -0.05) is 50.1 Å². The van der Waals surface area contributed by atoms with E-state index in [0.29, 0.717) is 41.5 Å². The van der Waals surface area contributed by atoms with Crippen LogP contribution in [-0.4, -0.2) is 36.8 Å². The molecule has 0 fully saturated rings. The highest BCUT2D eigenvalue weighted by Gasteiger charge is 2.34. The van der Waals surface area contributed by atoms with Crippen molar-refractivity contribution < 1.29 is 19.4 Å². The molecule has 37 heavy (non-hydrogen) atoms. The normalized spacial score (nSPS) is 12.8. The minimum absolute atomic E-state index is 0.171. The minimum Gasteiger partial charge on any atom is -0.493 e. The number of aliphatic hydroxyl groups is 1. The Hall–Kier alpha value is -3.51. The Morgan fingerprint density at radius 2 is 1.62 bits per heavy atom. The zero-order valence-corrected chi connectivity index (χ0v) is 22.2. The number of carbonyl (C=O) groups excluding carboxylic acids is 1. The third kappa shape index (κ3) is 5.91. The number of unbranched alkanes of at least 4 members (excludes halogenated alkanes) is 1. The minimum atomic E-state index is -0.305. The lowest BCUT2D eigenvalue weighted by Gasteiger charge is -2.35. The Morgan fingerprint density at radius 3 is 2.41 bits per heavy atom.